The summed E-state index contributed by atoms with van der Waals surface area (Å²) in [4.78, 5) is 16.1. The van der Waals surface area contributed by atoms with Crippen LogP contribution in [-0.2, 0) is 13.1 Å². The number of nitrogens with one attached hydrogen (secondary N) is 2. The van der Waals surface area contributed by atoms with Crippen LogP contribution in [0.15, 0.2) is 55.1 Å². The van der Waals surface area contributed by atoms with Crippen LogP contribution in [0, 0.1) is 5.92 Å². The molecule has 0 aliphatic heterocycles. The van der Waals surface area contributed by atoms with Crippen LogP contribution in [-0.4, -0.2) is 37.1 Å². The molecule has 2 amide bonds. The topological polar surface area (TPSA) is 89.7 Å². The van der Waals surface area contributed by atoms with Crippen molar-refractivity contribution in [3.8, 4) is 0 Å². The van der Waals surface area contributed by atoms with Gasteiger partial charge in [0.1, 0.15) is 6.33 Å². The molecule has 0 bridgehead atoms. The largest absolute Gasteiger partial charge is 0.337 e. The van der Waals surface area contributed by atoms with Gasteiger partial charge in [0, 0.05) is 25.5 Å². The fraction of sp³-hybridized carbons (Fsp3) is 0.294. The summed E-state index contributed by atoms with van der Waals surface area (Å²) >= 11 is 0. The first-order valence-electron chi connectivity index (χ1n) is 8.14. The van der Waals surface area contributed by atoms with Gasteiger partial charge in [-0.1, -0.05) is 37.3 Å². The molecule has 2 N–H and O–H groups in total. The maximum atomic E-state index is 12.0. The Morgan fingerprint density at radius 2 is 2.04 bits per heavy atom. The highest BCUT2D eigenvalue weighted by Gasteiger charge is 2.09. The Bertz CT molecular complexity index is 782. The first-order valence-corrected chi connectivity index (χ1v) is 8.14. The quantitative estimate of drug-likeness (QED) is 0.689. The molecule has 0 radical (unpaired) electrons. The molecule has 0 aliphatic rings. The number of benzene rings is 1. The molecule has 0 fully saturated rings. The van der Waals surface area contributed by atoms with Gasteiger partial charge in [0.25, 0.3) is 0 Å². The maximum Gasteiger partial charge on any atom is 0.321 e. The molecule has 3 rings (SSSR count). The number of amides is 2. The Kier molecular flexibility index (Phi) is 5.40. The van der Waals surface area contributed by atoms with Gasteiger partial charge in [-0.15, -0.1) is 5.10 Å². The third-order valence-electron chi connectivity index (χ3n) is 3.62. The Morgan fingerprint density at radius 1 is 1.20 bits per heavy atom. The van der Waals surface area contributed by atoms with E-state index < -0.39 is 0 Å². The summed E-state index contributed by atoms with van der Waals surface area (Å²) in [6.45, 7) is 3.94. The zero-order chi connectivity index (χ0) is 17.5. The van der Waals surface area contributed by atoms with Crippen molar-refractivity contribution >= 4 is 12.0 Å². The van der Waals surface area contributed by atoms with E-state index in [1.807, 2.05) is 47.3 Å². The molecule has 0 saturated carbocycles. The highest BCUT2D eigenvalue weighted by atomic mass is 16.2. The second kappa shape index (κ2) is 8.09. The number of hydrogen-bond acceptors (Lipinski definition) is 4. The predicted octanol–water partition coefficient (Wildman–Crippen LogP) is 1.98. The normalized spacial score (nSPS) is 11.9. The lowest BCUT2D eigenvalue weighted by molar-refractivity contribution is 0.249. The number of aromatic nitrogens is 5. The molecule has 8 nitrogen and oxygen atoms in total. The standard InChI is InChI=1S/C17H21N7O/c1-14(11-23-9-5-8-20-23)10-18-17(25)21-16-19-13-24(22-16)12-15-6-3-2-4-7-15/h2-9,13-14H,10-12H2,1H3,(H2,18,21,22,25)/t14-/m0/s1. The molecule has 8 heteroatoms. The van der Waals surface area contributed by atoms with Crippen molar-refractivity contribution in [1.29, 1.82) is 0 Å². The van der Waals surface area contributed by atoms with E-state index in [-0.39, 0.29) is 17.9 Å². The summed E-state index contributed by atoms with van der Waals surface area (Å²) in [7, 11) is 0. The molecule has 2 heterocycles. The van der Waals surface area contributed by atoms with E-state index in [1.54, 1.807) is 17.2 Å². The smallest absolute Gasteiger partial charge is 0.321 e. The van der Waals surface area contributed by atoms with E-state index in [1.165, 1.54) is 0 Å². The van der Waals surface area contributed by atoms with E-state index in [4.69, 9.17) is 0 Å². The molecule has 3 aromatic rings. The fourth-order valence-corrected chi connectivity index (χ4v) is 2.40. The van der Waals surface area contributed by atoms with Gasteiger partial charge in [0.2, 0.25) is 5.95 Å². The summed E-state index contributed by atoms with van der Waals surface area (Å²) < 4.78 is 3.53. The summed E-state index contributed by atoms with van der Waals surface area (Å²) in [6.07, 6.45) is 5.24. The van der Waals surface area contributed by atoms with Crippen LogP contribution in [0.4, 0.5) is 10.7 Å². The fourth-order valence-electron chi connectivity index (χ4n) is 2.40. The summed E-state index contributed by atoms with van der Waals surface area (Å²) in [5.41, 5.74) is 1.12. The number of rotatable bonds is 7. The number of hydrogen-bond donors (Lipinski definition) is 2. The molecule has 2 aromatic heterocycles. The van der Waals surface area contributed by atoms with E-state index in [0.29, 0.717) is 13.1 Å². The van der Waals surface area contributed by atoms with Crippen molar-refractivity contribution in [2.24, 2.45) is 5.92 Å². The Balaban J connectivity index is 1.43. The minimum Gasteiger partial charge on any atom is -0.337 e. The molecule has 1 atom stereocenters. The molecule has 25 heavy (non-hydrogen) atoms. The van der Waals surface area contributed by atoms with Crippen LogP contribution in [0.5, 0.6) is 0 Å². The lowest BCUT2D eigenvalue weighted by Gasteiger charge is -2.12. The maximum absolute atomic E-state index is 12.0. The third-order valence-corrected chi connectivity index (χ3v) is 3.62. The molecule has 1 aromatic carbocycles. The monoisotopic (exact) mass is 339 g/mol. The number of carbonyl (C=O) groups excluding carboxylic acids is 1. The second-order valence-corrected chi connectivity index (χ2v) is 5.92. The first kappa shape index (κ1) is 16.7. The van der Waals surface area contributed by atoms with Crippen molar-refractivity contribution in [3.05, 3.63) is 60.7 Å². The minimum atomic E-state index is -0.315. The highest BCUT2D eigenvalue weighted by Crippen LogP contribution is 2.03. The van der Waals surface area contributed by atoms with Crippen molar-refractivity contribution in [1.82, 2.24) is 29.9 Å². The van der Waals surface area contributed by atoms with Gasteiger partial charge in [-0.25, -0.2) is 14.5 Å². The first-order chi connectivity index (χ1) is 12.2. The van der Waals surface area contributed by atoms with Crippen LogP contribution in [0.25, 0.3) is 0 Å². The molecule has 130 valence electrons. The highest BCUT2D eigenvalue weighted by molar-refractivity contribution is 5.87. The molecular formula is C17H21N7O. The van der Waals surface area contributed by atoms with Gasteiger partial charge in [-0.2, -0.15) is 5.10 Å². The molecule has 0 aliphatic carbocycles. The van der Waals surface area contributed by atoms with Crippen LogP contribution < -0.4 is 10.6 Å². The average molecular weight is 339 g/mol. The summed E-state index contributed by atoms with van der Waals surface area (Å²) in [5, 5.41) is 13.9. The Morgan fingerprint density at radius 3 is 2.80 bits per heavy atom. The number of anilines is 1. The second-order valence-electron chi connectivity index (χ2n) is 5.92. The molecule has 0 unspecified atom stereocenters. The summed E-state index contributed by atoms with van der Waals surface area (Å²) in [6, 6.07) is 11.5. The minimum absolute atomic E-state index is 0.259. The number of nitrogens with zero attached hydrogens (tertiary/aromatic N) is 5. The van der Waals surface area contributed by atoms with Crippen molar-refractivity contribution in [3.63, 3.8) is 0 Å². The lowest BCUT2D eigenvalue weighted by atomic mass is 10.2. The molecule has 0 spiro atoms. The van der Waals surface area contributed by atoms with Crippen LogP contribution >= 0.6 is 0 Å². The average Bonchev–Trinajstić information content (AvgIpc) is 3.26. The zero-order valence-electron chi connectivity index (χ0n) is 14.0. The van der Waals surface area contributed by atoms with Gasteiger partial charge in [-0.3, -0.25) is 10.00 Å². The van der Waals surface area contributed by atoms with Crippen LogP contribution in [0.3, 0.4) is 0 Å². The van der Waals surface area contributed by atoms with Gasteiger partial charge in [0.05, 0.1) is 6.54 Å². The zero-order valence-corrected chi connectivity index (χ0v) is 14.0. The lowest BCUT2D eigenvalue weighted by Crippen LogP contribution is -2.34. The SMILES string of the molecule is C[C@@H](CNC(=O)Nc1ncn(Cc2ccccc2)n1)Cn1cccn1. The van der Waals surface area contributed by atoms with E-state index in [9.17, 15) is 4.79 Å². The van der Waals surface area contributed by atoms with Gasteiger partial charge in [0.15, 0.2) is 0 Å². The van der Waals surface area contributed by atoms with Crippen molar-refractivity contribution in [2.45, 2.75) is 20.0 Å². The van der Waals surface area contributed by atoms with Gasteiger partial charge < -0.3 is 5.32 Å². The van der Waals surface area contributed by atoms with Gasteiger partial charge >= 0.3 is 6.03 Å². The van der Waals surface area contributed by atoms with Crippen molar-refractivity contribution < 1.29 is 4.79 Å². The van der Waals surface area contributed by atoms with E-state index in [0.717, 1.165) is 12.1 Å². The van der Waals surface area contributed by atoms with E-state index >= 15 is 0 Å². The molecular weight excluding hydrogens is 318 g/mol. The predicted molar refractivity (Wildman–Crippen MR) is 94.0 cm³/mol. The summed E-state index contributed by atoms with van der Waals surface area (Å²) in [5.74, 6) is 0.544. The van der Waals surface area contributed by atoms with Crippen LogP contribution in [0.1, 0.15) is 12.5 Å². The molecule has 0 saturated heterocycles. The van der Waals surface area contributed by atoms with E-state index in [2.05, 4.69) is 32.7 Å². The van der Waals surface area contributed by atoms with Crippen molar-refractivity contribution in [2.75, 3.05) is 11.9 Å². The number of carbonyl (C=O) groups is 1. The third kappa shape index (κ3) is 5.17. The Labute approximate surface area is 145 Å². The number of urea groups is 1. The van der Waals surface area contributed by atoms with Crippen LogP contribution in [0.2, 0.25) is 0 Å². The van der Waals surface area contributed by atoms with Gasteiger partial charge in [-0.05, 0) is 17.5 Å². The Hall–Kier alpha value is -3.16.